The van der Waals surface area contributed by atoms with Gasteiger partial charge < -0.3 is 9.42 Å². The third-order valence-corrected chi connectivity index (χ3v) is 4.25. The lowest BCUT2D eigenvalue weighted by Gasteiger charge is -2.23. The van der Waals surface area contributed by atoms with Gasteiger partial charge in [0, 0.05) is 17.6 Å². The van der Waals surface area contributed by atoms with E-state index < -0.39 is 0 Å². The van der Waals surface area contributed by atoms with Crippen LogP contribution in [0.25, 0.3) is 0 Å². The van der Waals surface area contributed by atoms with Gasteiger partial charge in [0.15, 0.2) is 5.82 Å². The van der Waals surface area contributed by atoms with Crippen LogP contribution in [0.2, 0.25) is 0 Å². The fourth-order valence-corrected chi connectivity index (χ4v) is 2.93. The summed E-state index contributed by atoms with van der Waals surface area (Å²) in [6.45, 7) is 7.67. The van der Waals surface area contributed by atoms with Crippen molar-refractivity contribution in [3.8, 4) is 0 Å². The maximum absolute atomic E-state index is 5.42. The van der Waals surface area contributed by atoms with Crippen molar-refractivity contribution >= 4 is 17.0 Å². The number of benzene rings is 1. The van der Waals surface area contributed by atoms with Crippen molar-refractivity contribution in [1.82, 2.24) is 10.1 Å². The Kier molecular flexibility index (Phi) is 4.48. The second kappa shape index (κ2) is 6.54. The Balaban J connectivity index is 1.82. The molecular weight excluding hydrogens is 306 g/mol. The van der Waals surface area contributed by atoms with E-state index in [1.807, 2.05) is 18.2 Å². The van der Waals surface area contributed by atoms with Crippen LogP contribution in [0.15, 0.2) is 51.7 Å². The van der Waals surface area contributed by atoms with Crippen molar-refractivity contribution in [3.05, 3.63) is 64.4 Å². The second-order valence-corrected chi connectivity index (χ2v) is 7.37. The molecule has 0 aliphatic heterocycles. The van der Waals surface area contributed by atoms with Gasteiger partial charge >= 0.3 is 0 Å². The molecule has 4 nitrogen and oxygen atoms in total. The van der Waals surface area contributed by atoms with Crippen LogP contribution in [0, 0.1) is 0 Å². The molecule has 2 heterocycles. The molecule has 2 aromatic heterocycles. The average Bonchev–Trinajstić information content (AvgIpc) is 3.18. The smallest absolute Gasteiger partial charge is 0.232 e. The van der Waals surface area contributed by atoms with Crippen molar-refractivity contribution in [3.63, 3.8) is 0 Å². The molecule has 0 N–H and O–H groups in total. The van der Waals surface area contributed by atoms with Gasteiger partial charge in [0.1, 0.15) is 0 Å². The molecule has 1 aromatic carbocycles. The first-order valence-corrected chi connectivity index (χ1v) is 8.61. The van der Waals surface area contributed by atoms with Gasteiger partial charge in [-0.05, 0) is 34.5 Å². The molecule has 5 heteroatoms. The number of hydrogen-bond acceptors (Lipinski definition) is 5. The molecule has 120 valence electrons. The van der Waals surface area contributed by atoms with E-state index in [1.54, 1.807) is 11.3 Å². The average molecular weight is 327 g/mol. The molecular formula is C18H21N3OS. The number of para-hydroxylation sites is 1. The summed E-state index contributed by atoms with van der Waals surface area (Å²) < 4.78 is 5.42. The van der Waals surface area contributed by atoms with Crippen LogP contribution in [0.5, 0.6) is 0 Å². The van der Waals surface area contributed by atoms with Gasteiger partial charge in [-0.1, -0.05) is 44.1 Å². The minimum absolute atomic E-state index is 0.129. The van der Waals surface area contributed by atoms with Crippen molar-refractivity contribution < 1.29 is 4.52 Å². The third kappa shape index (κ3) is 3.99. The molecule has 0 amide bonds. The number of anilines is 1. The molecule has 0 unspecified atom stereocenters. The normalized spacial score (nSPS) is 11.6. The Morgan fingerprint density at radius 3 is 2.48 bits per heavy atom. The number of hydrogen-bond donors (Lipinski definition) is 0. The quantitative estimate of drug-likeness (QED) is 0.685. The fourth-order valence-electron chi connectivity index (χ4n) is 2.27. The van der Waals surface area contributed by atoms with Crippen LogP contribution in [0.1, 0.15) is 38.0 Å². The van der Waals surface area contributed by atoms with Crippen LogP contribution in [0.4, 0.5) is 5.69 Å². The van der Waals surface area contributed by atoms with Gasteiger partial charge in [-0.25, -0.2) is 0 Å². The summed E-state index contributed by atoms with van der Waals surface area (Å²) in [5, 5.41) is 8.43. The van der Waals surface area contributed by atoms with Crippen LogP contribution in [-0.4, -0.2) is 10.1 Å². The van der Waals surface area contributed by atoms with E-state index in [2.05, 4.69) is 64.8 Å². The number of aromatic nitrogens is 2. The van der Waals surface area contributed by atoms with Crippen molar-refractivity contribution in [2.75, 3.05) is 4.90 Å². The van der Waals surface area contributed by atoms with Crippen LogP contribution in [-0.2, 0) is 18.5 Å². The fraction of sp³-hybridized carbons (Fsp3) is 0.333. The molecule has 0 aliphatic rings. The number of nitrogens with zero attached hydrogens (tertiary/aromatic N) is 3. The van der Waals surface area contributed by atoms with Gasteiger partial charge in [-0.15, -0.1) is 0 Å². The van der Waals surface area contributed by atoms with Gasteiger partial charge in [-0.3, -0.25) is 0 Å². The number of thiophene rings is 1. The van der Waals surface area contributed by atoms with E-state index in [0.717, 1.165) is 12.2 Å². The zero-order valence-corrected chi connectivity index (χ0v) is 14.5. The molecule has 3 aromatic rings. The van der Waals surface area contributed by atoms with E-state index >= 15 is 0 Å². The SMILES string of the molecule is CC(C)(C)c1nc(CN(Cc2ccsc2)c2ccccc2)no1. The molecule has 0 aliphatic carbocycles. The van der Waals surface area contributed by atoms with Crippen LogP contribution < -0.4 is 4.90 Å². The molecule has 0 radical (unpaired) electrons. The topological polar surface area (TPSA) is 42.2 Å². The van der Waals surface area contributed by atoms with Gasteiger partial charge in [-0.2, -0.15) is 16.3 Å². The third-order valence-electron chi connectivity index (χ3n) is 3.52. The predicted octanol–water partition coefficient (Wildman–Crippen LogP) is 4.64. The van der Waals surface area contributed by atoms with Crippen molar-refractivity contribution in [2.45, 2.75) is 39.3 Å². The van der Waals surface area contributed by atoms with Crippen molar-refractivity contribution in [2.24, 2.45) is 0 Å². The Hall–Kier alpha value is -2.14. The Morgan fingerprint density at radius 1 is 1.09 bits per heavy atom. The van der Waals surface area contributed by atoms with Gasteiger partial charge in [0.2, 0.25) is 5.89 Å². The predicted molar refractivity (Wildman–Crippen MR) is 93.6 cm³/mol. The molecule has 0 saturated heterocycles. The summed E-state index contributed by atoms with van der Waals surface area (Å²) >= 11 is 1.71. The zero-order chi connectivity index (χ0) is 16.3. The lowest BCUT2D eigenvalue weighted by atomic mass is 9.97. The lowest BCUT2D eigenvalue weighted by molar-refractivity contribution is 0.318. The summed E-state index contributed by atoms with van der Waals surface area (Å²) in [6, 6.07) is 12.5. The molecule has 0 fully saturated rings. The molecule has 0 atom stereocenters. The van der Waals surface area contributed by atoms with Crippen molar-refractivity contribution in [1.29, 1.82) is 0 Å². The highest BCUT2D eigenvalue weighted by Gasteiger charge is 2.22. The first-order chi connectivity index (χ1) is 11.0. The maximum Gasteiger partial charge on any atom is 0.232 e. The highest BCUT2D eigenvalue weighted by atomic mass is 32.1. The largest absolute Gasteiger partial charge is 0.359 e. The lowest BCUT2D eigenvalue weighted by Crippen LogP contribution is -2.22. The maximum atomic E-state index is 5.42. The number of rotatable bonds is 5. The van der Waals surface area contributed by atoms with Crippen LogP contribution in [0.3, 0.4) is 0 Å². The molecule has 0 bridgehead atoms. The Morgan fingerprint density at radius 2 is 1.87 bits per heavy atom. The second-order valence-electron chi connectivity index (χ2n) is 6.59. The highest BCUT2D eigenvalue weighted by Crippen LogP contribution is 2.23. The molecule has 0 spiro atoms. The minimum Gasteiger partial charge on any atom is -0.359 e. The van der Waals surface area contributed by atoms with Crippen LogP contribution >= 0.6 is 11.3 Å². The van der Waals surface area contributed by atoms with E-state index in [0.29, 0.717) is 18.3 Å². The van der Waals surface area contributed by atoms with E-state index in [-0.39, 0.29) is 5.41 Å². The molecule has 3 rings (SSSR count). The monoisotopic (exact) mass is 327 g/mol. The van der Waals surface area contributed by atoms with E-state index in [1.165, 1.54) is 5.56 Å². The molecule has 0 saturated carbocycles. The first-order valence-electron chi connectivity index (χ1n) is 7.66. The van der Waals surface area contributed by atoms with E-state index in [9.17, 15) is 0 Å². The summed E-state index contributed by atoms with van der Waals surface area (Å²) in [5.41, 5.74) is 2.31. The summed E-state index contributed by atoms with van der Waals surface area (Å²) in [4.78, 5) is 6.82. The standard InChI is InChI=1S/C18H21N3OS/c1-18(2,3)17-19-16(20-22-17)12-21(11-14-9-10-23-13-14)15-7-5-4-6-8-15/h4-10,13H,11-12H2,1-3H3. The Bertz CT molecular complexity index is 729. The minimum atomic E-state index is -0.129. The van der Waals surface area contributed by atoms with E-state index in [4.69, 9.17) is 4.52 Å². The summed E-state index contributed by atoms with van der Waals surface area (Å²) in [6.07, 6.45) is 0. The Labute approximate surface area is 140 Å². The van der Waals surface area contributed by atoms with Gasteiger partial charge in [0.25, 0.3) is 0 Å². The highest BCUT2D eigenvalue weighted by molar-refractivity contribution is 7.07. The first kappa shape index (κ1) is 15.7. The van der Waals surface area contributed by atoms with Gasteiger partial charge in [0.05, 0.1) is 6.54 Å². The zero-order valence-electron chi connectivity index (χ0n) is 13.7. The summed E-state index contributed by atoms with van der Waals surface area (Å²) in [7, 11) is 0. The summed E-state index contributed by atoms with van der Waals surface area (Å²) in [5.74, 6) is 1.39. The molecule has 23 heavy (non-hydrogen) atoms.